The van der Waals surface area contributed by atoms with Gasteiger partial charge in [0.2, 0.25) is 0 Å². The van der Waals surface area contributed by atoms with Crippen molar-refractivity contribution in [1.82, 2.24) is 5.32 Å². The lowest BCUT2D eigenvalue weighted by atomic mass is 10.0. The van der Waals surface area contributed by atoms with Crippen LogP contribution in [0.25, 0.3) is 11.1 Å². The van der Waals surface area contributed by atoms with Crippen LogP contribution < -0.4 is 10.6 Å². The third-order valence-electron chi connectivity index (χ3n) is 3.48. The summed E-state index contributed by atoms with van der Waals surface area (Å²) in [5.74, 6) is -0.948. The Balaban J connectivity index is 1.96. The Morgan fingerprint density at radius 2 is 1.71 bits per heavy atom. The molecule has 2 rings (SSSR count). The summed E-state index contributed by atoms with van der Waals surface area (Å²) in [4.78, 5) is 22.7. The van der Waals surface area contributed by atoms with Crippen LogP contribution in [0.15, 0.2) is 66.2 Å². The standard InChI is InChI=1S/C19H20N2O3/c1-14(18(22)23)8-7-13-20-19(24)21-17-12-6-5-11-16(17)15-9-3-2-4-10-15/h2-6,8-12H,7,13H2,1H3,(H,22,23)(H2,20,21,24). The molecule has 124 valence electrons. The molecule has 0 aliphatic heterocycles. The van der Waals surface area contributed by atoms with Crippen molar-refractivity contribution in [3.63, 3.8) is 0 Å². The molecule has 2 aromatic rings. The number of hydrogen-bond donors (Lipinski definition) is 3. The van der Waals surface area contributed by atoms with Gasteiger partial charge < -0.3 is 15.7 Å². The number of aliphatic carboxylic acids is 1. The third kappa shape index (κ3) is 4.98. The summed E-state index contributed by atoms with van der Waals surface area (Å²) >= 11 is 0. The lowest BCUT2D eigenvalue weighted by Gasteiger charge is -2.12. The average molecular weight is 324 g/mol. The highest BCUT2D eigenvalue weighted by molar-refractivity contribution is 5.94. The van der Waals surface area contributed by atoms with Gasteiger partial charge in [-0.25, -0.2) is 9.59 Å². The molecule has 2 amide bonds. The zero-order chi connectivity index (χ0) is 17.4. The van der Waals surface area contributed by atoms with E-state index in [0.717, 1.165) is 16.8 Å². The van der Waals surface area contributed by atoms with E-state index in [1.807, 2.05) is 54.6 Å². The summed E-state index contributed by atoms with van der Waals surface area (Å²) in [6, 6.07) is 17.1. The molecule has 0 bridgehead atoms. The molecule has 0 spiro atoms. The fraction of sp³-hybridized carbons (Fsp3) is 0.158. The van der Waals surface area contributed by atoms with E-state index < -0.39 is 5.97 Å². The van der Waals surface area contributed by atoms with Crippen molar-refractivity contribution in [2.45, 2.75) is 13.3 Å². The number of hydrogen-bond acceptors (Lipinski definition) is 2. The van der Waals surface area contributed by atoms with E-state index in [1.165, 1.54) is 6.92 Å². The first-order valence-electron chi connectivity index (χ1n) is 7.67. The van der Waals surface area contributed by atoms with Crippen LogP contribution in [0.5, 0.6) is 0 Å². The summed E-state index contributed by atoms with van der Waals surface area (Å²) in [7, 11) is 0. The predicted molar refractivity (Wildman–Crippen MR) is 94.9 cm³/mol. The molecule has 0 atom stereocenters. The van der Waals surface area contributed by atoms with E-state index in [-0.39, 0.29) is 11.6 Å². The van der Waals surface area contributed by atoms with Gasteiger partial charge in [0, 0.05) is 17.7 Å². The second-order valence-corrected chi connectivity index (χ2v) is 5.27. The Morgan fingerprint density at radius 3 is 2.42 bits per heavy atom. The van der Waals surface area contributed by atoms with Gasteiger partial charge >= 0.3 is 12.0 Å². The number of anilines is 1. The van der Waals surface area contributed by atoms with Crippen LogP contribution in [-0.4, -0.2) is 23.7 Å². The summed E-state index contributed by atoms with van der Waals surface area (Å²) in [6.45, 7) is 1.89. The lowest BCUT2D eigenvalue weighted by molar-refractivity contribution is -0.132. The van der Waals surface area contributed by atoms with Crippen molar-refractivity contribution in [2.75, 3.05) is 11.9 Å². The quantitative estimate of drug-likeness (QED) is 0.557. The number of carbonyl (C=O) groups is 2. The number of urea groups is 1. The number of para-hydroxylation sites is 1. The Morgan fingerprint density at radius 1 is 1.04 bits per heavy atom. The number of amides is 2. The van der Waals surface area contributed by atoms with Crippen LogP contribution in [-0.2, 0) is 4.79 Å². The molecule has 24 heavy (non-hydrogen) atoms. The number of carboxylic acid groups (broad SMARTS) is 1. The molecule has 3 N–H and O–H groups in total. The number of benzene rings is 2. The Kier molecular flexibility index (Phi) is 6.14. The van der Waals surface area contributed by atoms with Crippen LogP contribution in [0.1, 0.15) is 13.3 Å². The van der Waals surface area contributed by atoms with Crippen molar-refractivity contribution in [1.29, 1.82) is 0 Å². The number of nitrogens with one attached hydrogen (secondary N) is 2. The molecule has 0 saturated heterocycles. The van der Waals surface area contributed by atoms with Gasteiger partial charge in [-0.2, -0.15) is 0 Å². The minimum absolute atomic E-state index is 0.270. The zero-order valence-corrected chi connectivity index (χ0v) is 13.5. The number of rotatable bonds is 6. The van der Waals surface area contributed by atoms with Crippen molar-refractivity contribution in [3.05, 3.63) is 66.2 Å². The van der Waals surface area contributed by atoms with Crippen LogP contribution in [0.4, 0.5) is 10.5 Å². The maximum atomic E-state index is 12.0. The summed E-state index contributed by atoms with van der Waals surface area (Å²) in [5.41, 5.74) is 2.95. The summed E-state index contributed by atoms with van der Waals surface area (Å²) in [5, 5.41) is 14.3. The first-order chi connectivity index (χ1) is 11.6. The minimum atomic E-state index is -0.948. The molecular formula is C19H20N2O3. The van der Waals surface area contributed by atoms with E-state index in [4.69, 9.17) is 5.11 Å². The fourth-order valence-electron chi connectivity index (χ4n) is 2.19. The highest BCUT2D eigenvalue weighted by Crippen LogP contribution is 2.27. The first kappa shape index (κ1) is 17.3. The first-order valence-corrected chi connectivity index (χ1v) is 7.67. The van der Waals surface area contributed by atoms with Gasteiger partial charge in [-0.05, 0) is 25.0 Å². The van der Waals surface area contributed by atoms with Crippen LogP contribution >= 0.6 is 0 Å². The second kappa shape index (κ2) is 8.53. The Labute approximate surface area is 141 Å². The van der Waals surface area contributed by atoms with E-state index in [1.54, 1.807) is 6.08 Å². The summed E-state index contributed by atoms with van der Waals surface area (Å²) < 4.78 is 0. The highest BCUT2D eigenvalue weighted by atomic mass is 16.4. The van der Waals surface area contributed by atoms with Gasteiger partial charge in [0.1, 0.15) is 0 Å². The molecule has 0 heterocycles. The monoisotopic (exact) mass is 324 g/mol. The van der Waals surface area contributed by atoms with Crippen LogP contribution in [0.3, 0.4) is 0 Å². The van der Waals surface area contributed by atoms with Gasteiger partial charge in [0.25, 0.3) is 0 Å². The van der Waals surface area contributed by atoms with Crippen LogP contribution in [0, 0.1) is 0 Å². The van der Waals surface area contributed by atoms with Gasteiger partial charge in [0.05, 0.1) is 5.69 Å². The highest BCUT2D eigenvalue weighted by Gasteiger charge is 2.07. The molecular weight excluding hydrogens is 304 g/mol. The van der Waals surface area contributed by atoms with Crippen molar-refractivity contribution >= 4 is 17.7 Å². The molecule has 5 heteroatoms. The van der Waals surface area contributed by atoms with E-state index >= 15 is 0 Å². The topological polar surface area (TPSA) is 78.4 Å². The van der Waals surface area contributed by atoms with Crippen LogP contribution in [0.2, 0.25) is 0 Å². The zero-order valence-electron chi connectivity index (χ0n) is 13.5. The average Bonchev–Trinajstić information content (AvgIpc) is 2.59. The maximum absolute atomic E-state index is 12.0. The molecule has 0 aliphatic carbocycles. The fourth-order valence-corrected chi connectivity index (χ4v) is 2.19. The molecule has 2 aromatic carbocycles. The Hall–Kier alpha value is -3.08. The van der Waals surface area contributed by atoms with Gasteiger partial charge in [0.15, 0.2) is 0 Å². The SMILES string of the molecule is CC(=CCCNC(=O)Nc1ccccc1-c1ccccc1)C(=O)O. The smallest absolute Gasteiger partial charge is 0.330 e. The van der Waals surface area contributed by atoms with Crippen molar-refractivity contribution in [2.24, 2.45) is 0 Å². The summed E-state index contributed by atoms with van der Waals surface area (Å²) in [6.07, 6.45) is 2.05. The molecule has 0 unspecified atom stereocenters. The van der Waals surface area contributed by atoms with E-state index in [0.29, 0.717) is 13.0 Å². The number of carboxylic acids is 1. The van der Waals surface area contributed by atoms with E-state index in [2.05, 4.69) is 10.6 Å². The van der Waals surface area contributed by atoms with Crippen molar-refractivity contribution < 1.29 is 14.7 Å². The molecule has 0 fully saturated rings. The Bertz CT molecular complexity index is 739. The number of carbonyl (C=O) groups excluding carboxylic acids is 1. The molecule has 0 saturated carbocycles. The maximum Gasteiger partial charge on any atom is 0.330 e. The molecule has 0 radical (unpaired) electrons. The van der Waals surface area contributed by atoms with Crippen molar-refractivity contribution in [3.8, 4) is 11.1 Å². The molecule has 0 aromatic heterocycles. The minimum Gasteiger partial charge on any atom is -0.478 e. The van der Waals surface area contributed by atoms with Gasteiger partial charge in [-0.1, -0.05) is 54.6 Å². The predicted octanol–water partition coefficient (Wildman–Crippen LogP) is 3.90. The largest absolute Gasteiger partial charge is 0.478 e. The van der Waals surface area contributed by atoms with Gasteiger partial charge in [-0.3, -0.25) is 0 Å². The third-order valence-corrected chi connectivity index (χ3v) is 3.48. The van der Waals surface area contributed by atoms with Gasteiger partial charge in [-0.15, -0.1) is 0 Å². The second-order valence-electron chi connectivity index (χ2n) is 5.27. The lowest BCUT2D eigenvalue weighted by Crippen LogP contribution is -2.29. The van der Waals surface area contributed by atoms with E-state index in [9.17, 15) is 9.59 Å². The normalized spacial score (nSPS) is 11.0. The molecule has 0 aliphatic rings. The molecule has 5 nitrogen and oxygen atoms in total.